The van der Waals surface area contributed by atoms with E-state index >= 15 is 0 Å². The van der Waals surface area contributed by atoms with Crippen molar-refractivity contribution in [3.05, 3.63) is 64.7 Å². The minimum absolute atomic E-state index is 0.0705. The second kappa shape index (κ2) is 6.39. The molecule has 116 valence electrons. The Bertz CT molecular complexity index is 872. The quantitative estimate of drug-likeness (QED) is 0.764. The van der Waals surface area contributed by atoms with Crippen LogP contribution in [0, 0.1) is 6.92 Å². The lowest BCUT2D eigenvalue weighted by Crippen LogP contribution is -2.24. The molecule has 0 aliphatic rings. The van der Waals surface area contributed by atoms with E-state index in [0.29, 0.717) is 17.1 Å². The predicted octanol–water partition coefficient (Wildman–Crippen LogP) is 4.61. The van der Waals surface area contributed by atoms with E-state index in [0.717, 1.165) is 27.7 Å². The summed E-state index contributed by atoms with van der Waals surface area (Å²) in [6, 6.07) is 15.2. The van der Waals surface area contributed by atoms with E-state index in [2.05, 4.69) is 5.32 Å². The third kappa shape index (κ3) is 2.92. The van der Waals surface area contributed by atoms with Crippen molar-refractivity contribution in [1.29, 1.82) is 0 Å². The zero-order valence-corrected chi connectivity index (χ0v) is 13.8. The van der Waals surface area contributed by atoms with Gasteiger partial charge in [-0.15, -0.1) is 0 Å². The lowest BCUT2D eigenvalue weighted by molar-refractivity contribution is 0.0957. The molecule has 3 rings (SSSR count). The third-order valence-corrected chi connectivity index (χ3v) is 4.07. The highest BCUT2D eigenvalue weighted by Crippen LogP contribution is 2.30. The smallest absolute Gasteiger partial charge is 0.252 e. The van der Waals surface area contributed by atoms with Crippen LogP contribution in [-0.2, 0) is 0 Å². The van der Waals surface area contributed by atoms with Crippen molar-refractivity contribution in [3.63, 3.8) is 0 Å². The second-order valence-electron chi connectivity index (χ2n) is 5.34. The lowest BCUT2D eigenvalue weighted by Gasteiger charge is -2.14. The standard InChI is InChI=1S/C19H17ClN2O/c1-3-21-19(23)17-12(2)18(13-8-10-14(20)11-9-13)22-16-7-5-4-6-15(16)17/h4-11H,3H2,1-2H3,(H,21,23). The topological polar surface area (TPSA) is 42.0 Å². The van der Waals surface area contributed by atoms with Crippen LogP contribution in [0.3, 0.4) is 0 Å². The molecular weight excluding hydrogens is 308 g/mol. The molecule has 1 aromatic heterocycles. The van der Waals surface area contributed by atoms with Gasteiger partial charge in [0.05, 0.1) is 16.8 Å². The fraction of sp³-hybridized carbons (Fsp3) is 0.158. The van der Waals surface area contributed by atoms with Gasteiger partial charge in [-0.3, -0.25) is 4.79 Å². The summed E-state index contributed by atoms with van der Waals surface area (Å²) < 4.78 is 0. The highest BCUT2D eigenvalue weighted by molar-refractivity contribution is 6.30. The van der Waals surface area contributed by atoms with Gasteiger partial charge in [-0.25, -0.2) is 4.98 Å². The van der Waals surface area contributed by atoms with E-state index in [9.17, 15) is 4.79 Å². The molecule has 1 N–H and O–H groups in total. The number of hydrogen-bond acceptors (Lipinski definition) is 2. The fourth-order valence-electron chi connectivity index (χ4n) is 2.74. The van der Waals surface area contributed by atoms with Crippen molar-refractivity contribution in [3.8, 4) is 11.3 Å². The number of pyridine rings is 1. The van der Waals surface area contributed by atoms with Crippen LogP contribution in [0.2, 0.25) is 5.02 Å². The number of rotatable bonds is 3. The fourth-order valence-corrected chi connectivity index (χ4v) is 2.86. The van der Waals surface area contributed by atoms with Crippen LogP contribution in [0.5, 0.6) is 0 Å². The summed E-state index contributed by atoms with van der Waals surface area (Å²) >= 11 is 5.97. The Labute approximate surface area is 140 Å². The van der Waals surface area contributed by atoms with Gasteiger partial charge >= 0.3 is 0 Å². The molecule has 0 unspecified atom stereocenters. The first-order chi connectivity index (χ1) is 11.1. The second-order valence-corrected chi connectivity index (χ2v) is 5.78. The molecule has 0 saturated heterocycles. The minimum Gasteiger partial charge on any atom is -0.352 e. The molecule has 3 aromatic rings. The Balaban J connectivity index is 2.29. The number of carbonyl (C=O) groups is 1. The zero-order valence-electron chi connectivity index (χ0n) is 13.1. The number of halogens is 1. The average Bonchev–Trinajstić information content (AvgIpc) is 2.55. The van der Waals surface area contributed by atoms with Crippen LogP contribution in [0.4, 0.5) is 0 Å². The van der Waals surface area contributed by atoms with Gasteiger partial charge in [0, 0.05) is 22.5 Å². The predicted molar refractivity (Wildman–Crippen MR) is 94.9 cm³/mol. The van der Waals surface area contributed by atoms with Crippen molar-refractivity contribution in [1.82, 2.24) is 10.3 Å². The van der Waals surface area contributed by atoms with Gasteiger partial charge < -0.3 is 5.32 Å². The van der Waals surface area contributed by atoms with Gasteiger partial charge in [0.1, 0.15) is 0 Å². The normalized spacial score (nSPS) is 10.7. The number of fused-ring (bicyclic) bond motifs is 1. The average molecular weight is 325 g/mol. The summed E-state index contributed by atoms with van der Waals surface area (Å²) in [6.45, 7) is 4.44. The molecule has 0 aliphatic carbocycles. The summed E-state index contributed by atoms with van der Waals surface area (Å²) in [5.74, 6) is -0.0705. The Morgan fingerprint density at radius 2 is 1.83 bits per heavy atom. The van der Waals surface area contributed by atoms with Crippen LogP contribution < -0.4 is 5.32 Å². The van der Waals surface area contributed by atoms with E-state index in [1.54, 1.807) is 0 Å². The van der Waals surface area contributed by atoms with Crippen LogP contribution in [0.15, 0.2) is 48.5 Å². The van der Waals surface area contributed by atoms with E-state index in [1.807, 2.05) is 62.4 Å². The van der Waals surface area contributed by atoms with Crippen molar-refractivity contribution in [2.45, 2.75) is 13.8 Å². The molecule has 0 bridgehead atoms. The van der Waals surface area contributed by atoms with Crippen molar-refractivity contribution in [2.75, 3.05) is 6.54 Å². The molecular formula is C19H17ClN2O. The molecule has 23 heavy (non-hydrogen) atoms. The first-order valence-corrected chi connectivity index (χ1v) is 7.93. The Kier molecular flexibility index (Phi) is 4.30. The number of carbonyl (C=O) groups excluding carboxylic acids is 1. The zero-order chi connectivity index (χ0) is 16.4. The maximum absolute atomic E-state index is 12.6. The third-order valence-electron chi connectivity index (χ3n) is 3.82. The van der Waals surface area contributed by atoms with Crippen molar-refractivity contribution in [2.24, 2.45) is 0 Å². The van der Waals surface area contributed by atoms with Gasteiger partial charge in [-0.2, -0.15) is 0 Å². The van der Waals surface area contributed by atoms with Crippen LogP contribution in [0.25, 0.3) is 22.2 Å². The Morgan fingerprint density at radius 1 is 1.13 bits per heavy atom. The molecule has 0 spiro atoms. The number of para-hydroxylation sites is 1. The number of nitrogens with zero attached hydrogens (tertiary/aromatic N) is 1. The molecule has 1 amide bonds. The van der Waals surface area contributed by atoms with Gasteiger partial charge in [-0.1, -0.05) is 41.9 Å². The number of nitrogens with one attached hydrogen (secondary N) is 1. The molecule has 0 radical (unpaired) electrons. The van der Waals surface area contributed by atoms with E-state index < -0.39 is 0 Å². The van der Waals surface area contributed by atoms with Gasteiger partial charge in [0.15, 0.2) is 0 Å². The lowest BCUT2D eigenvalue weighted by atomic mass is 9.97. The monoisotopic (exact) mass is 324 g/mol. The molecule has 1 heterocycles. The molecule has 4 heteroatoms. The first-order valence-electron chi connectivity index (χ1n) is 7.55. The molecule has 0 saturated carbocycles. The van der Waals surface area contributed by atoms with E-state index in [4.69, 9.17) is 16.6 Å². The van der Waals surface area contributed by atoms with Gasteiger partial charge in [0.2, 0.25) is 0 Å². The minimum atomic E-state index is -0.0705. The molecule has 3 nitrogen and oxygen atoms in total. The van der Waals surface area contributed by atoms with Crippen LogP contribution in [0.1, 0.15) is 22.8 Å². The van der Waals surface area contributed by atoms with Crippen LogP contribution >= 0.6 is 11.6 Å². The summed E-state index contributed by atoms with van der Waals surface area (Å²) in [5.41, 5.74) is 4.12. The Morgan fingerprint density at radius 3 is 2.52 bits per heavy atom. The highest BCUT2D eigenvalue weighted by atomic mass is 35.5. The first kappa shape index (κ1) is 15.5. The van der Waals surface area contributed by atoms with Crippen molar-refractivity contribution >= 4 is 28.4 Å². The van der Waals surface area contributed by atoms with E-state index in [1.165, 1.54) is 0 Å². The number of hydrogen-bond donors (Lipinski definition) is 1. The summed E-state index contributed by atoms with van der Waals surface area (Å²) in [6.07, 6.45) is 0. The molecule has 0 fully saturated rings. The molecule has 0 aliphatic heterocycles. The maximum Gasteiger partial charge on any atom is 0.252 e. The maximum atomic E-state index is 12.6. The largest absolute Gasteiger partial charge is 0.352 e. The van der Waals surface area contributed by atoms with Crippen LogP contribution in [-0.4, -0.2) is 17.4 Å². The summed E-state index contributed by atoms with van der Waals surface area (Å²) in [7, 11) is 0. The Hall–Kier alpha value is -2.39. The summed E-state index contributed by atoms with van der Waals surface area (Å²) in [5, 5.41) is 4.44. The van der Waals surface area contributed by atoms with Gasteiger partial charge in [-0.05, 0) is 37.6 Å². The highest BCUT2D eigenvalue weighted by Gasteiger charge is 2.18. The van der Waals surface area contributed by atoms with E-state index in [-0.39, 0.29) is 5.91 Å². The number of amides is 1. The SMILES string of the molecule is CCNC(=O)c1c(C)c(-c2ccc(Cl)cc2)nc2ccccc12. The molecule has 2 aromatic carbocycles. The summed E-state index contributed by atoms with van der Waals surface area (Å²) in [4.78, 5) is 17.3. The van der Waals surface area contributed by atoms with Crippen molar-refractivity contribution < 1.29 is 4.79 Å². The number of benzene rings is 2. The number of aromatic nitrogens is 1. The molecule has 0 atom stereocenters. The van der Waals surface area contributed by atoms with Gasteiger partial charge in [0.25, 0.3) is 5.91 Å².